The molecule has 0 aliphatic rings. The van der Waals surface area contributed by atoms with Crippen LogP contribution >= 0.6 is 0 Å². The van der Waals surface area contributed by atoms with Crippen LogP contribution in [0.4, 0.5) is 8.78 Å². The van der Waals surface area contributed by atoms with Crippen molar-refractivity contribution in [2.75, 3.05) is 0 Å². The molecule has 3 nitrogen and oxygen atoms in total. The molecule has 1 unspecified atom stereocenters. The van der Waals surface area contributed by atoms with Crippen LogP contribution in [0.25, 0.3) is 0 Å². The van der Waals surface area contributed by atoms with Gasteiger partial charge < -0.3 is 10.1 Å². The number of nitrogens with zero attached hydrogens (tertiary/aromatic N) is 1. The van der Waals surface area contributed by atoms with Crippen LogP contribution in [0.2, 0.25) is 0 Å². The predicted molar refractivity (Wildman–Crippen MR) is 77.3 cm³/mol. The van der Waals surface area contributed by atoms with E-state index in [4.69, 9.17) is 0 Å². The number of hydrogen-bond donors (Lipinski definition) is 1. The second-order valence-corrected chi connectivity index (χ2v) is 4.84. The summed E-state index contributed by atoms with van der Waals surface area (Å²) < 4.78 is 28.9. The molecule has 1 aromatic carbocycles. The van der Waals surface area contributed by atoms with Crippen molar-refractivity contribution < 1.29 is 13.5 Å². The maximum absolute atomic E-state index is 12.2. The number of nitrogens with one attached hydrogen (secondary N) is 1. The van der Waals surface area contributed by atoms with Crippen molar-refractivity contribution in [3.63, 3.8) is 0 Å². The van der Waals surface area contributed by atoms with Gasteiger partial charge in [0.05, 0.1) is 0 Å². The minimum atomic E-state index is -2.81. The van der Waals surface area contributed by atoms with Crippen LogP contribution in [0.15, 0.2) is 48.8 Å². The molecule has 0 aliphatic heterocycles. The zero-order chi connectivity index (χ0) is 15.2. The molecular formula is C16H18F2N2O. The van der Waals surface area contributed by atoms with E-state index in [0.29, 0.717) is 0 Å². The number of benzene rings is 1. The summed E-state index contributed by atoms with van der Waals surface area (Å²) in [4.78, 5) is 3.99. The predicted octanol–water partition coefficient (Wildman–Crippen LogP) is 4.09. The summed E-state index contributed by atoms with van der Waals surface area (Å²) in [5.74, 6) is 0.174. The highest BCUT2D eigenvalue weighted by Gasteiger charge is 2.12. The largest absolute Gasteiger partial charge is 0.435 e. The molecule has 0 bridgehead atoms. The molecule has 21 heavy (non-hydrogen) atoms. The minimum Gasteiger partial charge on any atom is -0.435 e. The van der Waals surface area contributed by atoms with Gasteiger partial charge in [-0.25, -0.2) is 0 Å². The smallest absolute Gasteiger partial charge is 0.387 e. The molecule has 0 aliphatic carbocycles. The van der Waals surface area contributed by atoms with Crippen molar-refractivity contribution in [3.05, 3.63) is 59.9 Å². The Bertz CT molecular complexity index is 563. The van der Waals surface area contributed by atoms with Crippen LogP contribution in [0.3, 0.4) is 0 Å². The zero-order valence-electron chi connectivity index (χ0n) is 12.0. The molecule has 0 radical (unpaired) electrons. The standard InChI is InChI=1S/C16H18F2N2O/c1-11(13-6-8-19-9-7-13)20-12(2)14-4-3-5-15(10-14)21-16(17)18/h3-12,16,20H,1-2H3/t11-,12?/m1/s1. The molecule has 2 aromatic rings. The fourth-order valence-electron chi connectivity index (χ4n) is 2.18. The summed E-state index contributed by atoms with van der Waals surface area (Å²) in [6, 6.07) is 10.8. The number of aromatic nitrogens is 1. The Morgan fingerprint density at radius 1 is 1.00 bits per heavy atom. The second-order valence-electron chi connectivity index (χ2n) is 4.84. The third-order valence-corrected chi connectivity index (χ3v) is 3.29. The van der Waals surface area contributed by atoms with E-state index in [9.17, 15) is 8.78 Å². The number of halogens is 2. The summed E-state index contributed by atoms with van der Waals surface area (Å²) in [7, 11) is 0. The van der Waals surface area contributed by atoms with Gasteiger partial charge in [-0.15, -0.1) is 0 Å². The van der Waals surface area contributed by atoms with Crippen LogP contribution in [0, 0.1) is 0 Å². The first kappa shape index (κ1) is 15.4. The van der Waals surface area contributed by atoms with E-state index < -0.39 is 6.61 Å². The average molecular weight is 292 g/mol. The van der Waals surface area contributed by atoms with Crippen molar-refractivity contribution in [2.45, 2.75) is 32.5 Å². The Morgan fingerprint density at radius 2 is 1.67 bits per heavy atom. The molecule has 0 saturated heterocycles. The second kappa shape index (κ2) is 7.13. The highest BCUT2D eigenvalue weighted by molar-refractivity contribution is 5.30. The average Bonchev–Trinajstić information content (AvgIpc) is 2.47. The first-order valence-electron chi connectivity index (χ1n) is 6.77. The Balaban J connectivity index is 2.04. The SMILES string of the molecule is CC(N[C@H](C)c1ccncc1)c1cccc(OC(F)F)c1. The summed E-state index contributed by atoms with van der Waals surface area (Å²) in [6.45, 7) is 1.23. The van der Waals surface area contributed by atoms with E-state index >= 15 is 0 Å². The highest BCUT2D eigenvalue weighted by Crippen LogP contribution is 2.23. The maximum Gasteiger partial charge on any atom is 0.387 e. The molecule has 2 atom stereocenters. The van der Waals surface area contributed by atoms with E-state index in [0.717, 1.165) is 11.1 Å². The van der Waals surface area contributed by atoms with Gasteiger partial charge in [-0.2, -0.15) is 8.78 Å². The van der Waals surface area contributed by atoms with Crippen LogP contribution in [0.5, 0.6) is 5.75 Å². The maximum atomic E-state index is 12.2. The Kier molecular flexibility index (Phi) is 5.22. The lowest BCUT2D eigenvalue weighted by molar-refractivity contribution is -0.0499. The van der Waals surface area contributed by atoms with E-state index in [2.05, 4.69) is 15.0 Å². The fourth-order valence-corrected chi connectivity index (χ4v) is 2.18. The van der Waals surface area contributed by atoms with E-state index in [1.54, 1.807) is 24.5 Å². The van der Waals surface area contributed by atoms with E-state index in [-0.39, 0.29) is 17.8 Å². The Hall–Kier alpha value is -2.01. The highest BCUT2D eigenvalue weighted by atomic mass is 19.3. The first-order chi connectivity index (χ1) is 10.1. The lowest BCUT2D eigenvalue weighted by atomic mass is 10.0. The van der Waals surface area contributed by atoms with Gasteiger partial charge in [0.25, 0.3) is 0 Å². The topological polar surface area (TPSA) is 34.2 Å². The monoisotopic (exact) mass is 292 g/mol. The Labute approximate surface area is 123 Å². The summed E-state index contributed by atoms with van der Waals surface area (Å²) in [5, 5.41) is 3.42. The van der Waals surface area contributed by atoms with Crippen LogP contribution in [0.1, 0.15) is 37.1 Å². The van der Waals surface area contributed by atoms with Crippen LogP contribution < -0.4 is 10.1 Å². The Morgan fingerprint density at radius 3 is 2.33 bits per heavy atom. The molecule has 0 spiro atoms. The lowest BCUT2D eigenvalue weighted by Gasteiger charge is -2.21. The molecule has 2 rings (SSSR count). The minimum absolute atomic E-state index is 0.00869. The molecule has 1 N–H and O–H groups in total. The van der Waals surface area contributed by atoms with Gasteiger partial charge in [0.2, 0.25) is 0 Å². The zero-order valence-corrected chi connectivity index (χ0v) is 12.0. The van der Waals surface area contributed by atoms with Gasteiger partial charge in [0.15, 0.2) is 0 Å². The van der Waals surface area contributed by atoms with Gasteiger partial charge in [-0.1, -0.05) is 12.1 Å². The third kappa shape index (κ3) is 4.49. The molecule has 5 heteroatoms. The van der Waals surface area contributed by atoms with Crippen molar-refractivity contribution in [2.24, 2.45) is 0 Å². The molecule has 1 aromatic heterocycles. The fraction of sp³-hybridized carbons (Fsp3) is 0.312. The summed E-state index contributed by atoms with van der Waals surface area (Å²) in [6.07, 6.45) is 3.49. The number of ether oxygens (including phenoxy) is 1. The number of alkyl halides is 2. The van der Waals surface area contributed by atoms with Crippen molar-refractivity contribution in [1.29, 1.82) is 0 Å². The normalized spacial score (nSPS) is 14.0. The van der Waals surface area contributed by atoms with E-state index in [1.165, 1.54) is 6.07 Å². The molecular weight excluding hydrogens is 274 g/mol. The van der Waals surface area contributed by atoms with Gasteiger partial charge >= 0.3 is 6.61 Å². The molecule has 0 amide bonds. The van der Waals surface area contributed by atoms with Gasteiger partial charge in [0.1, 0.15) is 5.75 Å². The van der Waals surface area contributed by atoms with Crippen molar-refractivity contribution in [1.82, 2.24) is 10.3 Å². The number of rotatable bonds is 6. The quantitative estimate of drug-likeness (QED) is 0.870. The number of pyridine rings is 1. The van der Waals surface area contributed by atoms with E-state index in [1.807, 2.05) is 32.0 Å². The van der Waals surface area contributed by atoms with Gasteiger partial charge in [-0.3, -0.25) is 4.98 Å². The molecule has 0 fully saturated rings. The third-order valence-electron chi connectivity index (χ3n) is 3.29. The molecule has 0 saturated carbocycles. The summed E-state index contributed by atoms with van der Waals surface area (Å²) >= 11 is 0. The van der Waals surface area contributed by atoms with Gasteiger partial charge in [0, 0.05) is 24.5 Å². The number of hydrogen-bond acceptors (Lipinski definition) is 3. The first-order valence-corrected chi connectivity index (χ1v) is 6.77. The lowest BCUT2D eigenvalue weighted by Crippen LogP contribution is -2.22. The molecule has 112 valence electrons. The molecule has 1 heterocycles. The van der Waals surface area contributed by atoms with Crippen LogP contribution in [-0.4, -0.2) is 11.6 Å². The van der Waals surface area contributed by atoms with Crippen molar-refractivity contribution >= 4 is 0 Å². The summed E-state index contributed by atoms with van der Waals surface area (Å²) in [5.41, 5.74) is 2.02. The van der Waals surface area contributed by atoms with Crippen molar-refractivity contribution in [3.8, 4) is 5.75 Å². The van der Waals surface area contributed by atoms with Gasteiger partial charge in [-0.05, 0) is 49.2 Å². The van der Waals surface area contributed by atoms with Crippen LogP contribution in [-0.2, 0) is 0 Å².